The summed E-state index contributed by atoms with van der Waals surface area (Å²) in [6, 6.07) is 7.13. The van der Waals surface area contributed by atoms with Crippen LogP contribution in [0, 0.1) is 30.4 Å². The molecular weight excluding hydrogens is 528 g/mol. The van der Waals surface area contributed by atoms with Crippen molar-refractivity contribution in [2.24, 2.45) is 0 Å². The summed E-state index contributed by atoms with van der Waals surface area (Å²) in [5.74, 6) is 4.77. The monoisotopic (exact) mass is 561 g/mol. The quantitative estimate of drug-likeness (QED) is 0.357. The Kier molecular flexibility index (Phi) is 8.47. The summed E-state index contributed by atoms with van der Waals surface area (Å²) < 4.78 is 41.4. The van der Waals surface area contributed by atoms with Crippen molar-refractivity contribution < 1.29 is 23.0 Å². The lowest BCUT2D eigenvalue weighted by Crippen LogP contribution is -2.34. The zero-order valence-corrected chi connectivity index (χ0v) is 23.3. The summed E-state index contributed by atoms with van der Waals surface area (Å²) in [5, 5.41) is 2.66. The summed E-state index contributed by atoms with van der Waals surface area (Å²) in [7, 11) is 1.68. The molecule has 1 aromatic heterocycles. The minimum Gasteiger partial charge on any atom is -0.486 e. The van der Waals surface area contributed by atoms with Crippen molar-refractivity contribution in [3.63, 3.8) is 0 Å². The number of nitrogens with two attached hydrogens (primary N) is 1. The van der Waals surface area contributed by atoms with Crippen LogP contribution < -0.4 is 15.8 Å². The van der Waals surface area contributed by atoms with Gasteiger partial charge in [0, 0.05) is 30.9 Å². The number of hydrogen-bond donors (Lipinski definition) is 2. The van der Waals surface area contributed by atoms with E-state index in [2.05, 4.69) is 32.0 Å². The third kappa shape index (κ3) is 6.32. The van der Waals surface area contributed by atoms with Gasteiger partial charge >= 0.3 is 0 Å². The lowest BCUT2D eigenvalue weighted by atomic mass is 10.0. The maximum Gasteiger partial charge on any atom is 0.258 e. The second-order valence-corrected chi connectivity index (χ2v) is 10.4. The molecule has 2 aromatic carbocycles. The summed E-state index contributed by atoms with van der Waals surface area (Å²) >= 11 is 0. The maximum absolute atomic E-state index is 14.9. The molecule has 10 heteroatoms. The number of carbonyl (C=O) groups excluding carboxylic acids is 1. The molecule has 5 rings (SSSR count). The number of anilines is 2. The van der Waals surface area contributed by atoms with Crippen molar-refractivity contribution in [2.75, 3.05) is 37.9 Å². The normalized spacial score (nSPS) is 18.6. The maximum atomic E-state index is 14.9. The molecule has 1 saturated carbocycles. The van der Waals surface area contributed by atoms with Gasteiger partial charge in [0.15, 0.2) is 11.6 Å². The van der Waals surface area contributed by atoms with E-state index >= 15 is 0 Å². The lowest BCUT2D eigenvalue weighted by molar-refractivity contribution is 0.102. The first-order valence-corrected chi connectivity index (χ1v) is 13.6. The van der Waals surface area contributed by atoms with Crippen LogP contribution in [0.5, 0.6) is 5.75 Å². The van der Waals surface area contributed by atoms with Gasteiger partial charge in [-0.2, -0.15) is 0 Å². The predicted octanol–water partition coefficient (Wildman–Crippen LogP) is 4.93. The van der Waals surface area contributed by atoms with E-state index in [0.717, 1.165) is 31.4 Å². The first-order valence-electron chi connectivity index (χ1n) is 13.6. The molecule has 1 amide bonds. The average molecular weight is 562 g/mol. The molecule has 2 atom stereocenters. The van der Waals surface area contributed by atoms with Crippen LogP contribution in [0.2, 0.25) is 0 Å². The number of ether oxygens (including phenoxy) is 2. The Labute approximate surface area is 238 Å². The second-order valence-electron chi connectivity index (χ2n) is 10.4. The largest absolute Gasteiger partial charge is 0.486 e. The highest BCUT2D eigenvalue weighted by Gasteiger charge is 2.33. The minimum absolute atomic E-state index is 0.0120. The molecule has 1 aliphatic carbocycles. The summed E-state index contributed by atoms with van der Waals surface area (Å²) in [5.41, 5.74) is 8.32. The molecule has 2 aliphatic rings. The van der Waals surface area contributed by atoms with Gasteiger partial charge in [-0.05, 0) is 74.4 Å². The average Bonchev–Trinajstić information content (AvgIpc) is 3.73. The van der Waals surface area contributed by atoms with E-state index in [-0.39, 0.29) is 47.3 Å². The zero-order valence-electron chi connectivity index (χ0n) is 23.3. The zero-order chi connectivity index (χ0) is 29.1. The van der Waals surface area contributed by atoms with Crippen LogP contribution in [0.4, 0.5) is 20.3 Å². The highest BCUT2D eigenvalue weighted by atomic mass is 19.1. The number of halogens is 2. The lowest BCUT2D eigenvalue weighted by Gasteiger charge is -2.23. The van der Waals surface area contributed by atoms with Crippen molar-refractivity contribution in [1.29, 1.82) is 0 Å². The predicted molar refractivity (Wildman–Crippen MR) is 153 cm³/mol. The molecule has 41 heavy (non-hydrogen) atoms. The van der Waals surface area contributed by atoms with E-state index in [9.17, 15) is 13.6 Å². The molecule has 1 saturated heterocycles. The SMILES string of the molecule is CC#CCN1C[C@@H](OC)C[C@H]1COc1c(N)ncnc1-c1cc(F)cc(NC(=O)c2ccc(C3CC3)cc2F)c1C. The Bertz CT molecular complexity index is 1520. The highest BCUT2D eigenvalue weighted by molar-refractivity contribution is 6.05. The molecule has 214 valence electrons. The minimum atomic E-state index is -0.674. The highest BCUT2D eigenvalue weighted by Crippen LogP contribution is 2.41. The van der Waals surface area contributed by atoms with Crippen molar-refractivity contribution >= 4 is 17.4 Å². The number of hydrogen-bond acceptors (Lipinski definition) is 7. The Morgan fingerprint density at radius 2 is 2.02 bits per heavy atom. The molecule has 3 aromatic rings. The van der Waals surface area contributed by atoms with Crippen LogP contribution in [0.1, 0.15) is 53.6 Å². The smallest absolute Gasteiger partial charge is 0.258 e. The fraction of sp³-hybridized carbons (Fsp3) is 0.387. The van der Waals surface area contributed by atoms with Crippen molar-refractivity contribution in [3.05, 3.63) is 65.0 Å². The number of rotatable bonds is 9. The number of nitrogens with one attached hydrogen (secondary N) is 1. The van der Waals surface area contributed by atoms with Gasteiger partial charge < -0.3 is 20.5 Å². The number of methoxy groups -OCH3 is 1. The topological polar surface area (TPSA) is 103 Å². The number of aromatic nitrogens is 2. The molecule has 8 nitrogen and oxygen atoms in total. The van der Waals surface area contributed by atoms with E-state index < -0.39 is 17.5 Å². The first-order chi connectivity index (χ1) is 19.8. The van der Waals surface area contributed by atoms with Crippen molar-refractivity contribution in [1.82, 2.24) is 14.9 Å². The van der Waals surface area contributed by atoms with Gasteiger partial charge in [0.25, 0.3) is 5.91 Å². The third-order valence-corrected chi connectivity index (χ3v) is 7.70. The Morgan fingerprint density at radius 3 is 2.73 bits per heavy atom. The van der Waals surface area contributed by atoms with Crippen molar-refractivity contribution in [3.8, 4) is 28.8 Å². The van der Waals surface area contributed by atoms with E-state index in [1.54, 1.807) is 27.0 Å². The summed E-state index contributed by atoms with van der Waals surface area (Å²) in [4.78, 5) is 23.6. The molecular formula is C31H33F2N5O3. The standard InChI is InChI=1S/C31H33F2N5O3/c1-4-5-10-38-15-23(40-3)14-22(38)16-41-29-28(35-17-36-30(29)34)25-12-21(32)13-27(18(25)2)37-31(39)24-9-8-20(11-26(24)33)19-6-7-19/h8-9,11-13,17,19,22-23H,6-7,10,14-16H2,1-3H3,(H,37,39)(H2,34,35,36)/t22-,23-/m0/s1. The fourth-order valence-electron chi connectivity index (χ4n) is 5.19. The second kappa shape index (κ2) is 12.2. The van der Waals surface area contributed by atoms with Crippen LogP contribution in [-0.4, -0.2) is 59.7 Å². The number of carbonyl (C=O) groups is 1. The molecule has 1 aliphatic heterocycles. The van der Waals surface area contributed by atoms with Gasteiger partial charge in [-0.1, -0.05) is 12.0 Å². The van der Waals surface area contributed by atoms with Gasteiger partial charge in [0.2, 0.25) is 0 Å². The van der Waals surface area contributed by atoms with Crippen molar-refractivity contribution in [2.45, 2.75) is 51.2 Å². The van der Waals surface area contributed by atoms with E-state index in [4.69, 9.17) is 15.2 Å². The van der Waals surface area contributed by atoms with Gasteiger partial charge in [-0.3, -0.25) is 9.69 Å². The molecule has 2 fully saturated rings. The number of nitrogen functional groups attached to an aromatic ring is 1. The molecule has 0 radical (unpaired) electrons. The van der Waals surface area contributed by atoms with E-state index in [0.29, 0.717) is 23.6 Å². The first kappa shape index (κ1) is 28.5. The molecule has 2 heterocycles. The fourth-order valence-corrected chi connectivity index (χ4v) is 5.19. The third-order valence-electron chi connectivity index (χ3n) is 7.70. The Balaban J connectivity index is 1.40. The number of likely N-dealkylation sites (tertiary alicyclic amines) is 1. The van der Waals surface area contributed by atoms with Crippen LogP contribution in [-0.2, 0) is 4.74 Å². The van der Waals surface area contributed by atoms with Crippen LogP contribution in [0.25, 0.3) is 11.3 Å². The van der Waals surface area contributed by atoms with Crippen LogP contribution in [0.3, 0.4) is 0 Å². The van der Waals surface area contributed by atoms with Gasteiger partial charge in [0.05, 0.1) is 18.2 Å². The van der Waals surface area contributed by atoms with Gasteiger partial charge in [0.1, 0.15) is 30.3 Å². The van der Waals surface area contributed by atoms with Crippen LogP contribution >= 0.6 is 0 Å². The van der Waals surface area contributed by atoms with Crippen LogP contribution in [0.15, 0.2) is 36.7 Å². The number of nitrogens with zero attached hydrogens (tertiary/aromatic N) is 3. The van der Waals surface area contributed by atoms with Gasteiger partial charge in [-0.25, -0.2) is 18.7 Å². The summed E-state index contributed by atoms with van der Waals surface area (Å²) in [6.07, 6.45) is 4.12. The van der Waals surface area contributed by atoms with E-state index in [1.165, 1.54) is 30.6 Å². The Hall–Kier alpha value is -4.07. The molecule has 0 unspecified atom stereocenters. The summed E-state index contributed by atoms with van der Waals surface area (Å²) in [6.45, 7) is 5.08. The van der Waals surface area contributed by atoms with Gasteiger partial charge in [-0.15, -0.1) is 5.92 Å². The molecule has 3 N–H and O–H groups in total. The Morgan fingerprint density at radius 1 is 1.22 bits per heavy atom. The number of amides is 1. The number of benzene rings is 2. The molecule has 0 spiro atoms. The molecule has 0 bridgehead atoms. The van der Waals surface area contributed by atoms with E-state index in [1.807, 2.05) is 0 Å².